The van der Waals surface area contributed by atoms with Gasteiger partial charge < -0.3 is 14.6 Å². The summed E-state index contributed by atoms with van der Waals surface area (Å²) in [6, 6.07) is 22.0. The number of esters is 1. The maximum absolute atomic E-state index is 12.9. The van der Waals surface area contributed by atoms with Crippen molar-refractivity contribution in [3.05, 3.63) is 88.6 Å². The van der Waals surface area contributed by atoms with E-state index in [0.717, 1.165) is 17.7 Å². The molecule has 174 valence electrons. The molecule has 34 heavy (non-hydrogen) atoms. The Kier molecular flexibility index (Phi) is 6.77. The largest absolute Gasteiger partial charge is 0.451 e. The average Bonchev–Trinajstić information content (AvgIpc) is 2.86. The molecule has 6 heteroatoms. The van der Waals surface area contributed by atoms with Gasteiger partial charge >= 0.3 is 5.97 Å². The summed E-state index contributed by atoms with van der Waals surface area (Å²) in [4.78, 5) is 38.6. The van der Waals surface area contributed by atoms with Gasteiger partial charge in [0.05, 0.1) is 11.0 Å². The second-order valence-corrected chi connectivity index (χ2v) is 8.47. The van der Waals surface area contributed by atoms with E-state index in [1.807, 2.05) is 36.4 Å². The number of amides is 1. The van der Waals surface area contributed by atoms with Gasteiger partial charge in [0.15, 0.2) is 11.5 Å². The smallest absolute Gasteiger partial charge is 0.326 e. The second kappa shape index (κ2) is 9.91. The molecule has 0 fully saturated rings. The van der Waals surface area contributed by atoms with E-state index in [4.69, 9.17) is 4.74 Å². The molecule has 3 aromatic carbocycles. The molecule has 0 saturated carbocycles. The number of hydrogen-bond donors (Lipinski definition) is 1. The monoisotopic (exact) mass is 456 g/mol. The standard InChI is InChI=1S/C28H28N2O4/c1-4-18(2)20-11-5-8-14-23(20)29-28(33)19(3)34-26(31)17-30-24-15-9-6-12-21(24)27(32)22-13-7-10-16-25(22)30/h5-16,18-19H,4,17H2,1-3H3,(H,29,33). The molecule has 0 saturated heterocycles. The Morgan fingerprint density at radius 1 is 0.882 bits per heavy atom. The Morgan fingerprint density at radius 3 is 2.06 bits per heavy atom. The fraction of sp³-hybridized carbons (Fsp3) is 0.250. The zero-order chi connectivity index (χ0) is 24.2. The van der Waals surface area contributed by atoms with Gasteiger partial charge in [-0.1, -0.05) is 56.3 Å². The molecule has 0 aliphatic heterocycles. The third-order valence-corrected chi connectivity index (χ3v) is 6.21. The van der Waals surface area contributed by atoms with Gasteiger partial charge in [0.2, 0.25) is 0 Å². The summed E-state index contributed by atoms with van der Waals surface area (Å²) < 4.78 is 7.25. The number of carbonyl (C=O) groups excluding carboxylic acids is 2. The first-order valence-electron chi connectivity index (χ1n) is 11.5. The third kappa shape index (κ3) is 4.57. The van der Waals surface area contributed by atoms with Crippen molar-refractivity contribution in [2.24, 2.45) is 0 Å². The number of nitrogens with one attached hydrogen (secondary N) is 1. The lowest BCUT2D eigenvalue weighted by molar-refractivity contribution is -0.153. The summed E-state index contributed by atoms with van der Waals surface area (Å²) in [7, 11) is 0. The van der Waals surface area contributed by atoms with E-state index in [2.05, 4.69) is 19.2 Å². The first-order chi connectivity index (χ1) is 16.4. The number of hydrogen-bond acceptors (Lipinski definition) is 4. The summed E-state index contributed by atoms with van der Waals surface area (Å²) in [6.45, 7) is 5.63. The van der Waals surface area contributed by atoms with Crippen molar-refractivity contribution < 1.29 is 14.3 Å². The Morgan fingerprint density at radius 2 is 1.44 bits per heavy atom. The number of ether oxygens (including phenoxy) is 1. The maximum atomic E-state index is 12.9. The molecule has 4 rings (SSSR count). The average molecular weight is 457 g/mol. The third-order valence-electron chi connectivity index (χ3n) is 6.21. The molecule has 6 nitrogen and oxygen atoms in total. The Bertz CT molecular complexity index is 1360. The lowest BCUT2D eigenvalue weighted by atomic mass is 9.97. The highest BCUT2D eigenvalue weighted by Crippen LogP contribution is 2.26. The fourth-order valence-corrected chi connectivity index (χ4v) is 4.16. The molecule has 1 aromatic heterocycles. The quantitative estimate of drug-likeness (QED) is 0.305. The molecule has 0 aliphatic rings. The van der Waals surface area contributed by atoms with Gasteiger partial charge in [0, 0.05) is 16.5 Å². The van der Waals surface area contributed by atoms with Gasteiger partial charge in [-0.25, -0.2) is 0 Å². The zero-order valence-corrected chi connectivity index (χ0v) is 19.6. The summed E-state index contributed by atoms with van der Waals surface area (Å²) in [6.07, 6.45) is -0.0342. The Hall–Kier alpha value is -3.93. The number of pyridine rings is 1. The van der Waals surface area contributed by atoms with Crippen LogP contribution in [-0.4, -0.2) is 22.5 Å². The number of aromatic nitrogens is 1. The van der Waals surface area contributed by atoms with Crippen LogP contribution in [0.4, 0.5) is 5.69 Å². The Balaban J connectivity index is 1.55. The van der Waals surface area contributed by atoms with Crippen molar-refractivity contribution in [3.8, 4) is 0 Å². The van der Waals surface area contributed by atoms with Crippen molar-refractivity contribution in [1.82, 2.24) is 4.57 Å². The second-order valence-electron chi connectivity index (χ2n) is 8.47. The zero-order valence-electron chi connectivity index (χ0n) is 19.6. The van der Waals surface area contributed by atoms with E-state index in [-0.39, 0.29) is 17.9 Å². The van der Waals surface area contributed by atoms with Crippen molar-refractivity contribution >= 4 is 39.4 Å². The summed E-state index contributed by atoms with van der Waals surface area (Å²) >= 11 is 0. The van der Waals surface area contributed by atoms with Gasteiger partial charge in [-0.3, -0.25) is 14.4 Å². The molecular formula is C28H28N2O4. The van der Waals surface area contributed by atoms with E-state index < -0.39 is 18.0 Å². The number of carbonyl (C=O) groups is 2. The Labute approximate surface area is 198 Å². The first kappa shape index (κ1) is 23.2. The van der Waals surface area contributed by atoms with Crippen molar-refractivity contribution in [2.45, 2.75) is 45.8 Å². The summed E-state index contributed by atoms with van der Waals surface area (Å²) in [5.74, 6) is -0.660. The number of anilines is 1. The summed E-state index contributed by atoms with van der Waals surface area (Å²) in [5, 5.41) is 3.96. The molecule has 0 radical (unpaired) electrons. The highest BCUT2D eigenvalue weighted by Gasteiger charge is 2.21. The van der Waals surface area contributed by atoms with Crippen LogP contribution in [0.2, 0.25) is 0 Å². The molecular weight excluding hydrogens is 428 g/mol. The van der Waals surface area contributed by atoms with Crippen LogP contribution >= 0.6 is 0 Å². The predicted molar refractivity (Wildman–Crippen MR) is 135 cm³/mol. The molecule has 2 atom stereocenters. The molecule has 0 spiro atoms. The van der Waals surface area contributed by atoms with Crippen LogP contribution in [0.25, 0.3) is 21.8 Å². The van der Waals surface area contributed by atoms with Crippen LogP contribution in [0.3, 0.4) is 0 Å². The highest BCUT2D eigenvalue weighted by atomic mass is 16.5. The van der Waals surface area contributed by atoms with Crippen molar-refractivity contribution in [1.29, 1.82) is 0 Å². The lowest BCUT2D eigenvalue weighted by Crippen LogP contribution is -2.31. The number of nitrogens with zero attached hydrogens (tertiary/aromatic N) is 1. The molecule has 4 aromatic rings. The topological polar surface area (TPSA) is 77.4 Å². The van der Waals surface area contributed by atoms with Crippen LogP contribution in [0.15, 0.2) is 77.6 Å². The van der Waals surface area contributed by atoms with E-state index in [1.165, 1.54) is 0 Å². The number of fused-ring (bicyclic) bond motifs is 2. The number of rotatable bonds is 7. The highest BCUT2D eigenvalue weighted by molar-refractivity contribution is 5.97. The number of para-hydroxylation sites is 3. The van der Waals surface area contributed by atoms with Gasteiger partial charge in [-0.15, -0.1) is 0 Å². The van der Waals surface area contributed by atoms with Gasteiger partial charge in [-0.05, 0) is 55.2 Å². The molecule has 0 bridgehead atoms. The van der Waals surface area contributed by atoms with E-state index in [1.54, 1.807) is 47.9 Å². The van der Waals surface area contributed by atoms with Crippen LogP contribution in [-0.2, 0) is 20.9 Å². The molecule has 1 amide bonds. The minimum Gasteiger partial charge on any atom is -0.451 e. The van der Waals surface area contributed by atoms with Gasteiger partial charge in [0.25, 0.3) is 5.91 Å². The fourth-order valence-electron chi connectivity index (χ4n) is 4.16. The normalized spacial score (nSPS) is 12.9. The van der Waals surface area contributed by atoms with E-state index in [0.29, 0.717) is 21.8 Å². The summed E-state index contributed by atoms with van der Waals surface area (Å²) in [5.41, 5.74) is 2.97. The van der Waals surface area contributed by atoms with Gasteiger partial charge in [-0.2, -0.15) is 0 Å². The first-order valence-corrected chi connectivity index (χ1v) is 11.5. The van der Waals surface area contributed by atoms with Crippen LogP contribution in [0, 0.1) is 0 Å². The molecule has 2 unspecified atom stereocenters. The minimum atomic E-state index is -0.977. The molecule has 1 heterocycles. The van der Waals surface area contributed by atoms with Crippen LogP contribution in [0.1, 0.15) is 38.7 Å². The van der Waals surface area contributed by atoms with Crippen molar-refractivity contribution in [3.63, 3.8) is 0 Å². The van der Waals surface area contributed by atoms with E-state index in [9.17, 15) is 14.4 Å². The SMILES string of the molecule is CCC(C)c1ccccc1NC(=O)C(C)OC(=O)Cn1c2ccccc2c(=O)c2ccccc21. The van der Waals surface area contributed by atoms with E-state index >= 15 is 0 Å². The van der Waals surface area contributed by atoms with Gasteiger partial charge in [0.1, 0.15) is 6.54 Å². The lowest BCUT2D eigenvalue weighted by Gasteiger charge is -2.19. The molecule has 0 aliphatic carbocycles. The predicted octanol–water partition coefficient (Wildman–Crippen LogP) is 5.24. The van der Waals surface area contributed by atoms with Crippen molar-refractivity contribution in [2.75, 3.05) is 5.32 Å². The number of benzene rings is 3. The minimum absolute atomic E-state index is 0.0801. The molecule has 1 N–H and O–H groups in total. The van der Waals surface area contributed by atoms with Crippen LogP contribution in [0.5, 0.6) is 0 Å². The maximum Gasteiger partial charge on any atom is 0.326 e. The van der Waals surface area contributed by atoms with Crippen LogP contribution < -0.4 is 10.7 Å².